The molecule has 0 radical (unpaired) electrons. The van der Waals surface area contributed by atoms with Crippen LogP contribution in [0.5, 0.6) is 0 Å². The largest absolute Gasteiger partial charge is 0.367 e. The highest BCUT2D eigenvalue weighted by molar-refractivity contribution is 14.0. The number of aliphatic imine (C=N–C) groups is 1. The molecule has 29 heavy (non-hydrogen) atoms. The van der Waals surface area contributed by atoms with Crippen LogP contribution in [0.25, 0.3) is 0 Å². The Kier molecular flexibility index (Phi) is 9.61. The summed E-state index contributed by atoms with van der Waals surface area (Å²) in [5, 5.41) is 6.55. The first-order valence-electron chi connectivity index (χ1n) is 9.46. The van der Waals surface area contributed by atoms with Gasteiger partial charge in [0.1, 0.15) is 5.82 Å². The molecule has 0 saturated carbocycles. The lowest BCUT2D eigenvalue weighted by atomic mass is 10.0. The Morgan fingerprint density at radius 1 is 1.38 bits per heavy atom. The van der Waals surface area contributed by atoms with E-state index < -0.39 is 15.6 Å². The molecule has 3 N–H and O–H groups in total. The molecule has 1 heterocycles. The van der Waals surface area contributed by atoms with E-state index in [1.165, 1.54) is 6.07 Å². The van der Waals surface area contributed by atoms with Crippen molar-refractivity contribution in [3.05, 3.63) is 29.6 Å². The average Bonchev–Trinajstić information content (AvgIpc) is 2.59. The summed E-state index contributed by atoms with van der Waals surface area (Å²) in [6.45, 7) is 7.43. The van der Waals surface area contributed by atoms with E-state index in [1.807, 2.05) is 13.0 Å². The number of hydrogen-bond donors (Lipinski definition) is 3. The highest BCUT2D eigenvalue weighted by Crippen LogP contribution is 2.24. The van der Waals surface area contributed by atoms with Crippen LogP contribution in [0.15, 0.2) is 23.2 Å². The molecule has 0 aliphatic carbocycles. The average molecular weight is 541 g/mol. The number of piperidine rings is 1. The standard InChI is InChI=1S/C19H32FN5O2S.HI/c1-14-8-9-16(20)17(11-14)25-10-6-7-15(12-25)23-18(21-4)22-13-19(2,3)24-28(5,26)27;/h8-9,11,15,24H,6-7,10,12-13H2,1-5H3,(H2,21,22,23);1H. The third-order valence-electron chi connectivity index (χ3n) is 4.59. The molecule has 1 aliphatic heterocycles. The Hall–Kier alpha value is -1.14. The molecule has 10 heteroatoms. The van der Waals surface area contributed by atoms with E-state index in [0.29, 0.717) is 24.7 Å². The summed E-state index contributed by atoms with van der Waals surface area (Å²) in [6, 6.07) is 5.28. The quantitative estimate of drug-likeness (QED) is 0.292. The summed E-state index contributed by atoms with van der Waals surface area (Å²) in [5.41, 5.74) is 1.01. The fourth-order valence-corrected chi connectivity index (χ4v) is 4.49. The molecule has 2 rings (SSSR count). The minimum Gasteiger partial charge on any atom is -0.367 e. The lowest BCUT2D eigenvalue weighted by Gasteiger charge is -2.36. The molecule has 1 fully saturated rings. The number of hydrogen-bond acceptors (Lipinski definition) is 4. The van der Waals surface area contributed by atoms with Crippen molar-refractivity contribution < 1.29 is 12.8 Å². The number of rotatable bonds is 6. The SMILES string of the molecule is CN=C(NCC(C)(C)NS(C)(=O)=O)NC1CCCN(c2cc(C)ccc2F)C1.I. The molecule has 1 aromatic rings. The van der Waals surface area contributed by atoms with Crippen LogP contribution in [0.1, 0.15) is 32.3 Å². The van der Waals surface area contributed by atoms with Gasteiger partial charge in [0.15, 0.2) is 5.96 Å². The highest BCUT2D eigenvalue weighted by atomic mass is 127. The van der Waals surface area contributed by atoms with Crippen molar-refractivity contribution in [2.45, 2.75) is 45.2 Å². The van der Waals surface area contributed by atoms with Gasteiger partial charge in [-0.1, -0.05) is 6.07 Å². The van der Waals surface area contributed by atoms with Crippen molar-refractivity contribution in [1.82, 2.24) is 15.4 Å². The molecule has 1 aromatic carbocycles. The highest BCUT2D eigenvalue weighted by Gasteiger charge is 2.25. The minimum atomic E-state index is -3.30. The normalized spacial score (nSPS) is 18.2. The van der Waals surface area contributed by atoms with Crippen molar-refractivity contribution >= 4 is 45.6 Å². The van der Waals surface area contributed by atoms with Crippen LogP contribution in [0, 0.1) is 12.7 Å². The van der Waals surface area contributed by atoms with Crippen molar-refractivity contribution in [2.75, 3.05) is 37.8 Å². The maximum Gasteiger partial charge on any atom is 0.209 e. The number of aryl methyl sites for hydroxylation is 1. The molecule has 1 unspecified atom stereocenters. The van der Waals surface area contributed by atoms with Crippen molar-refractivity contribution in [3.8, 4) is 0 Å². The maximum atomic E-state index is 14.2. The van der Waals surface area contributed by atoms with Crippen LogP contribution in [0.3, 0.4) is 0 Å². The molecule has 0 bridgehead atoms. The predicted molar refractivity (Wildman–Crippen MR) is 128 cm³/mol. The number of guanidine groups is 1. The van der Waals surface area contributed by atoms with Crippen LogP contribution < -0.4 is 20.3 Å². The molecule has 1 saturated heterocycles. The van der Waals surface area contributed by atoms with Gasteiger partial charge in [-0.3, -0.25) is 4.99 Å². The number of halogens is 2. The van der Waals surface area contributed by atoms with Crippen molar-refractivity contribution in [3.63, 3.8) is 0 Å². The van der Waals surface area contributed by atoms with Crippen molar-refractivity contribution in [2.24, 2.45) is 4.99 Å². The number of nitrogens with zero attached hydrogens (tertiary/aromatic N) is 2. The molecule has 166 valence electrons. The van der Waals surface area contributed by atoms with E-state index in [-0.39, 0.29) is 35.8 Å². The molecule has 7 nitrogen and oxygen atoms in total. The van der Waals surface area contributed by atoms with Crippen LogP contribution in [-0.2, 0) is 10.0 Å². The minimum absolute atomic E-state index is 0. The second-order valence-electron chi connectivity index (χ2n) is 8.07. The Balaban J connectivity index is 0.00000420. The Labute approximate surface area is 191 Å². The second kappa shape index (κ2) is 10.8. The van der Waals surface area contributed by atoms with Gasteiger partial charge in [-0.2, -0.15) is 0 Å². The van der Waals surface area contributed by atoms with Crippen molar-refractivity contribution in [1.29, 1.82) is 0 Å². The number of anilines is 1. The van der Waals surface area contributed by atoms with Gasteiger partial charge in [0.25, 0.3) is 0 Å². The van der Waals surface area contributed by atoms with Gasteiger partial charge in [0.2, 0.25) is 10.0 Å². The second-order valence-corrected chi connectivity index (χ2v) is 9.82. The Bertz CT molecular complexity index is 817. The van der Waals surface area contributed by atoms with Gasteiger partial charge in [-0.15, -0.1) is 24.0 Å². The molecule has 1 aliphatic rings. The number of nitrogens with one attached hydrogen (secondary N) is 3. The summed E-state index contributed by atoms with van der Waals surface area (Å²) >= 11 is 0. The van der Waals surface area contributed by atoms with E-state index in [2.05, 4.69) is 25.2 Å². The molecular weight excluding hydrogens is 508 g/mol. The zero-order chi connectivity index (χ0) is 20.9. The molecule has 1 atom stereocenters. The molecular formula is C19H33FIN5O2S. The monoisotopic (exact) mass is 541 g/mol. The third-order valence-corrected chi connectivity index (χ3v) is 5.51. The zero-order valence-electron chi connectivity index (χ0n) is 17.8. The van der Waals surface area contributed by atoms with Gasteiger partial charge in [-0.05, 0) is 51.3 Å². The Morgan fingerprint density at radius 2 is 2.07 bits per heavy atom. The molecule has 0 spiro atoms. The van der Waals surface area contributed by atoms with Gasteiger partial charge in [-0.25, -0.2) is 17.5 Å². The van der Waals surface area contributed by atoms with E-state index in [1.54, 1.807) is 27.0 Å². The van der Waals surface area contributed by atoms with E-state index in [4.69, 9.17) is 0 Å². The van der Waals surface area contributed by atoms with Gasteiger partial charge < -0.3 is 15.5 Å². The van der Waals surface area contributed by atoms with E-state index in [0.717, 1.165) is 31.2 Å². The number of benzene rings is 1. The van der Waals surface area contributed by atoms with Crippen LogP contribution in [-0.4, -0.2) is 58.9 Å². The topological polar surface area (TPSA) is 85.8 Å². The first-order valence-corrected chi connectivity index (χ1v) is 11.4. The predicted octanol–water partition coefficient (Wildman–Crippen LogP) is 2.21. The summed E-state index contributed by atoms with van der Waals surface area (Å²) in [5.74, 6) is 0.391. The third kappa shape index (κ3) is 8.63. The van der Waals surface area contributed by atoms with E-state index in [9.17, 15) is 12.8 Å². The van der Waals surface area contributed by atoms with Crippen LogP contribution in [0.4, 0.5) is 10.1 Å². The van der Waals surface area contributed by atoms with Gasteiger partial charge in [0, 0.05) is 38.3 Å². The molecule has 0 amide bonds. The first kappa shape index (κ1) is 25.9. The van der Waals surface area contributed by atoms with Gasteiger partial charge >= 0.3 is 0 Å². The fraction of sp³-hybridized carbons (Fsp3) is 0.632. The van der Waals surface area contributed by atoms with Crippen LogP contribution >= 0.6 is 24.0 Å². The fourth-order valence-electron chi connectivity index (χ4n) is 3.41. The summed E-state index contributed by atoms with van der Waals surface area (Å²) < 4.78 is 39.8. The van der Waals surface area contributed by atoms with Crippen LogP contribution in [0.2, 0.25) is 0 Å². The summed E-state index contributed by atoms with van der Waals surface area (Å²) in [6.07, 6.45) is 3.04. The number of sulfonamides is 1. The Morgan fingerprint density at radius 3 is 2.69 bits per heavy atom. The summed E-state index contributed by atoms with van der Waals surface area (Å²) in [4.78, 5) is 6.30. The maximum absolute atomic E-state index is 14.2. The van der Waals surface area contributed by atoms with Gasteiger partial charge in [0.05, 0.1) is 11.9 Å². The van der Waals surface area contributed by atoms with E-state index >= 15 is 0 Å². The summed E-state index contributed by atoms with van der Waals surface area (Å²) in [7, 11) is -1.63. The lowest BCUT2D eigenvalue weighted by Crippen LogP contribution is -2.56. The first-order chi connectivity index (χ1) is 13.0. The molecule has 0 aromatic heterocycles. The smallest absolute Gasteiger partial charge is 0.209 e. The lowest BCUT2D eigenvalue weighted by molar-refractivity contribution is 0.435. The zero-order valence-corrected chi connectivity index (χ0v) is 20.9.